The summed E-state index contributed by atoms with van der Waals surface area (Å²) in [4.78, 5) is 23.5. The molecule has 0 radical (unpaired) electrons. The fourth-order valence-electron chi connectivity index (χ4n) is 1.46. The van der Waals surface area contributed by atoms with Gasteiger partial charge in [-0.2, -0.15) is 0 Å². The molecular formula is C12H18N2O3S. The highest BCUT2D eigenvalue weighted by Gasteiger charge is 2.23. The number of nitrogens with one attached hydrogen (secondary N) is 1. The van der Waals surface area contributed by atoms with Crippen LogP contribution in [0.5, 0.6) is 0 Å². The van der Waals surface area contributed by atoms with Gasteiger partial charge in [0.05, 0.1) is 18.5 Å². The number of nitrogens with two attached hydrogens (primary N) is 1. The lowest BCUT2D eigenvalue weighted by Crippen LogP contribution is -2.45. The third-order valence-electron chi connectivity index (χ3n) is 2.60. The van der Waals surface area contributed by atoms with Crippen LogP contribution >= 0.6 is 11.3 Å². The van der Waals surface area contributed by atoms with E-state index in [1.54, 1.807) is 6.07 Å². The molecule has 18 heavy (non-hydrogen) atoms. The fraction of sp³-hybridized carbons (Fsp3) is 0.500. The van der Waals surface area contributed by atoms with Gasteiger partial charge >= 0.3 is 5.97 Å². The van der Waals surface area contributed by atoms with Crippen molar-refractivity contribution in [2.24, 2.45) is 11.7 Å². The van der Waals surface area contributed by atoms with E-state index in [0.29, 0.717) is 0 Å². The van der Waals surface area contributed by atoms with Gasteiger partial charge < -0.3 is 16.2 Å². The van der Waals surface area contributed by atoms with Gasteiger partial charge in [-0.1, -0.05) is 19.9 Å². The summed E-state index contributed by atoms with van der Waals surface area (Å²) in [5.74, 6) is -1.25. The summed E-state index contributed by atoms with van der Waals surface area (Å²) in [7, 11) is 0. The monoisotopic (exact) mass is 270 g/mol. The number of aliphatic carboxylic acids is 1. The lowest BCUT2D eigenvalue weighted by molar-refractivity contribution is -0.137. The molecule has 0 aromatic carbocycles. The van der Waals surface area contributed by atoms with Crippen molar-refractivity contribution >= 4 is 23.2 Å². The van der Waals surface area contributed by atoms with Gasteiger partial charge in [-0.15, -0.1) is 11.3 Å². The summed E-state index contributed by atoms with van der Waals surface area (Å²) < 4.78 is 0. The highest BCUT2D eigenvalue weighted by atomic mass is 32.1. The van der Waals surface area contributed by atoms with Gasteiger partial charge in [0.25, 0.3) is 0 Å². The van der Waals surface area contributed by atoms with Crippen LogP contribution in [0.4, 0.5) is 0 Å². The Labute approximate surface area is 110 Å². The Morgan fingerprint density at radius 3 is 2.61 bits per heavy atom. The first-order valence-corrected chi connectivity index (χ1v) is 6.61. The van der Waals surface area contributed by atoms with E-state index in [1.807, 2.05) is 25.3 Å². The molecule has 0 bridgehead atoms. The molecule has 1 amide bonds. The zero-order valence-electron chi connectivity index (χ0n) is 10.4. The molecule has 1 unspecified atom stereocenters. The summed E-state index contributed by atoms with van der Waals surface area (Å²) in [6.45, 7) is 3.70. The van der Waals surface area contributed by atoms with Gasteiger partial charge in [0.1, 0.15) is 0 Å². The average Bonchev–Trinajstić information content (AvgIpc) is 2.79. The highest BCUT2D eigenvalue weighted by Crippen LogP contribution is 2.22. The lowest BCUT2D eigenvalue weighted by atomic mass is 10.0. The Bertz CT molecular complexity index is 403. The SMILES string of the molecule is CC(C)[C@@H](N)C(=O)NC(CC(=O)O)c1cccs1. The zero-order valence-corrected chi connectivity index (χ0v) is 11.2. The summed E-state index contributed by atoms with van der Waals surface area (Å²) in [5.41, 5.74) is 5.74. The Hall–Kier alpha value is -1.40. The normalized spacial score (nSPS) is 14.2. The van der Waals surface area contributed by atoms with Crippen LogP contribution in [0.25, 0.3) is 0 Å². The van der Waals surface area contributed by atoms with E-state index in [0.717, 1.165) is 4.88 Å². The molecule has 4 N–H and O–H groups in total. The largest absolute Gasteiger partial charge is 0.481 e. The van der Waals surface area contributed by atoms with Crippen molar-refractivity contribution in [2.75, 3.05) is 0 Å². The maximum Gasteiger partial charge on any atom is 0.305 e. The molecule has 2 atom stereocenters. The lowest BCUT2D eigenvalue weighted by Gasteiger charge is -2.20. The molecule has 0 saturated heterocycles. The van der Waals surface area contributed by atoms with Crippen LogP contribution in [0.3, 0.4) is 0 Å². The third-order valence-corrected chi connectivity index (χ3v) is 3.59. The molecule has 0 saturated carbocycles. The Morgan fingerprint density at radius 1 is 1.50 bits per heavy atom. The summed E-state index contributed by atoms with van der Waals surface area (Å²) >= 11 is 1.42. The van der Waals surface area contributed by atoms with E-state index in [-0.39, 0.29) is 18.2 Å². The number of hydrogen-bond donors (Lipinski definition) is 3. The quantitative estimate of drug-likeness (QED) is 0.727. The van der Waals surface area contributed by atoms with Crippen LogP contribution in [0.2, 0.25) is 0 Å². The van der Waals surface area contributed by atoms with Crippen LogP contribution in [0, 0.1) is 5.92 Å². The second-order valence-corrected chi connectivity index (χ2v) is 5.42. The molecule has 1 aromatic heterocycles. The van der Waals surface area contributed by atoms with Crippen LogP contribution in [-0.4, -0.2) is 23.0 Å². The number of hydrogen-bond acceptors (Lipinski definition) is 4. The molecule has 1 aromatic rings. The molecule has 0 aliphatic rings. The molecule has 0 aliphatic carbocycles. The number of rotatable bonds is 6. The van der Waals surface area contributed by atoms with Crippen LogP contribution in [-0.2, 0) is 9.59 Å². The number of thiophene rings is 1. The minimum atomic E-state index is -0.952. The topological polar surface area (TPSA) is 92.4 Å². The van der Waals surface area contributed by atoms with E-state index in [4.69, 9.17) is 10.8 Å². The summed E-state index contributed by atoms with van der Waals surface area (Å²) in [5, 5.41) is 13.4. The van der Waals surface area contributed by atoms with Gasteiger partial charge in [0, 0.05) is 4.88 Å². The number of carboxylic acid groups (broad SMARTS) is 1. The highest BCUT2D eigenvalue weighted by molar-refractivity contribution is 7.10. The molecule has 1 heterocycles. The molecule has 6 heteroatoms. The molecule has 5 nitrogen and oxygen atoms in total. The second kappa shape index (κ2) is 6.51. The zero-order chi connectivity index (χ0) is 13.7. The van der Waals surface area contributed by atoms with E-state index >= 15 is 0 Å². The second-order valence-electron chi connectivity index (χ2n) is 4.44. The predicted molar refractivity (Wildman–Crippen MR) is 70.3 cm³/mol. The maximum atomic E-state index is 11.8. The van der Waals surface area contributed by atoms with Crippen molar-refractivity contribution in [3.05, 3.63) is 22.4 Å². The number of carboxylic acids is 1. The molecule has 0 fully saturated rings. The smallest absolute Gasteiger partial charge is 0.305 e. The van der Waals surface area contributed by atoms with E-state index in [2.05, 4.69) is 5.32 Å². The molecular weight excluding hydrogens is 252 g/mol. The molecule has 1 rings (SSSR count). The van der Waals surface area contributed by atoms with Crippen LogP contribution in [0.1, 0.15) is 31.2 Å². The van der Waals surface area contributed by atoms with E-state index < -0.39 is 18.1 Å². The van der Waals surface area contributed by atoms with Crippen molar-refractivity contribution in [3.63, 3.8) is 0 Å². The van der Waals surface area contributed by atoms with Gasteiger partial charge in [0.15, 0.2) is 0 Å². The van der Waals surface area contributed by atoms with Crippen molar-refractivity contribution < 1.29 is 14.7 Å². The minimum absolute atomic E-state index is 0.0128. The van der Waals surface area contributed by atoms with E-state index in [9.17, 15) is 9.59 Å². The molecule has 100 valence electrons. The van der Waals surface area contributed by atoms with Gasteiger partial charge in [-0.25, -0.2) is 0 Å². The average molecular weight is 270 g/mol. The Morgan fingerprint density at radius 2 is 2.17 bits per heavy atom. The maximum absolute atomic E-state index is 11.8. The van der Waals surface area contributed by atoms with Gasteiger partial charge in [-0.05, 0) is 17.4 Å². The molecule has 0 aliphatic heterocycles. The molecule has 0 spiro atoms. The van der Waals surface area contributed by atoms with Crippen molar-refractivity contribution in [2.45, 2.75) is 32.4 Å². The van der Waals surface area contributed by atoms with Crippen LogP contribution < -0.4 is 11.1 Å². The van der Waals surface area contributed by atoms with E-state index in [1.165, 1.54) is 11.3 Å². The number of carbonyl (C=O) groups excluding carboxylic acids is 1. The number of amides is 1. The minimum Gasteiger partial charge on any atom is -0.481 e. The van der Waals surface area contributed by atoms with Crippen molar-refractivity contribution in [3.8, 4) is 0 Å². The fourth-order valence-corrected chi connectivity index (χ4v) is 2.24. The Balaban J connectivity index is 2.74. The van der Waals surface area contributed by atoms with Crippen molar-refractivity contribution in [1.82, 2.24) is 5.32 Å². The summed E-state index contributed by atoms with van der Waals surface area (Å²) in [6.07, 6.45) is -0.142. The Kier molecular flexibility index (Phi) is 5.30. The standard InChI is InChI=1S/C12H18N2O3S/c1-7(2)11(13)12(17)14-8(6-10(15)16)9-4-3-5-18-9/h3-5,7-8,11H,6,13H2,1-2H3,(H,14,17)(H,15,16)/t8?,11-/m1/s1. The first kappa shape index (κ1) is 14.7. The van der Waals surface area contributed by atoms with Crippen molar-refractivity contribution in [1.29, 1.82) is 0 Å². The third kappa shape index (κ3) is 4.12. The number of carbonyl (C=O) groups is 2. The van der Waals surface area contributed by atoms with Crippen LogP contribution in [0.15, 0.2) is 17.5 Å². The summed E-state index contributed by atoms with van der Waals surface area (Å²) in [6, 6.07) is 2.49. The van der Waals surface area contributed by atoms with Gasteiger partial charge in [0.2, 0.25) is 5.91 Å². The predicted octanol–water partition coefficient (Wildman–Crippen LogP) is 1.36. The first-order chi connectivity index (χ1) is 8.41. The van der Waals surface area contributed by atoms with Gasteiger partial charge in [-0.3, -0.25) is 9.59 Å². The first-order valence-electron chi connectivity index (χ1n) is 5.73.